The second-order valence-electron chi connectivity index (χ2n) is 5.56. The van der Waals surface area contributed by atoms with Gasteiger partial charge in [0.05, 0.1) is 0 Å². The normalized spacial score (nSPS) is 10.8. The van der Waals surface area contributed by atoms with Crippen molar-refractivity contribution in [2.75, 3.05) is 0 Å². The fraction of sp³-hybridized carbons (Fsp3) is 0.150. The molecule has 0 saturated heterocycles. The minimum absolute atomic E-state index is 0.181. The molecule has 0 N–H and O–H groups in total. The third-order valence-electron chi connectivity index (χ3n) is 3.95. The predicted octanol–water partition coefficient (Wildman–Crippen LogP) is 4.88. The lowest BCUT2D eigenvalue weighted by molar-refractivity contribution is 0.0994. The van der Waals surface area contributed by atoms with Crippen LogP contribution in [0.2, 0.25) is 0 Å². The molecule has 0 bridgehead atoms. The van der Waals surface area contributed by atoms with E-state index in [2.05, 4.69) is 32.0 Å². The van der Waals surface area contributed by atoms with Crippen LogP contribution in [-0.2, 0) is 6.42 Å². The summed E-state index contributed by atoms with van der Waals surface area (Å²) in [5.74, 6) is 0.181. The second-order valence-corrected chi connectivity index (χ2v) is 5.56. The van der Waals surface area contributed by atoms with E-state index >= 15 is 0 Å². The number of Topliss-reactive ketones (excluding diaryl/α,β-unsaturated/α-hetero) is 1. The lowest BCUT2D eigenvalue weighted by Gasteiger charge is -2.09. The van der Waals surface area contributed by atoms with Crippen molar-refractivity contribution < 1.29 is 4.79 Å². The molecule has 0 aliphatic heterocycles. The van der Waals surface area contributed by atoms with Gasteiger partial charge in [0.25, 0.3) is 0 Å². The number of carbonyl (C=O) groups is 1. The van der Waals surface area contributed by atoms with E-state index in [0.717, 1.165) is 21.9 Å². The highest BCUT2D eigenvalue weighted by atomic mass is 16.1. The van der Waals surface area contributed by atoms with Gasteiger partial charge in [0.2, 0.25) is 0 Å². The van der Waals surface area contributed by atoms with Gasteiger partial charge in [-0.15, -0.1) is 0 Å². The molecule has 0 atom stereocenters. The zero-order valence-corrected chi connectivity index (χ0v) is 12.4. The Hall–Kier alpha value is -2.41. The molecule has 0 fully saturated rings. The summed E-state index contributed by atoms with van der Waals surface area (Å²) in [4.78, 5) is 12.7. The molecule has 0 radical (unpaired) electrons. The van der Waals surface area contributed by atoms with Crippen LogP contribution in [0, 0.1) is 13.8 Å². The Morgan fingerprint density at radius 1 is 0.905 bits per heavy atom. The molecule has 0 unspecified atom stereocenters. The van der Waals surface area contributed by atoms with Crippen molar-refractivity contribution in [2.45, 2.75) is 20.3 Å². The molecule has 3 rings (SSSR count). The summed E-state index contributed by atoms with van der Waals surface area (Å²) >= 11 is 0. The fourth-order valence-electron chi connectivity index (χ4n) is 2.73. The summed E-state index contributed by atoms with van der Waals surface area (Å²) in [7, 11) is 0. The Labute approximate surface area is 125 Å². The monoisotopic (exact) mass is 274 g/mol. The highest BCUT2D eigenvalue weighted by molar-refractivity contribution is 6.08. The van der Waals surface area contributed by atoms with E-state index in [1.807, 2.05) is 42.5 Å². The van der Waals surface area contributed by atoms with Gasteiger partial charge in [-0.25, -0.2) is 0 Å². The van der Waals surface area contributed by atoms with E-state index in [0.29, 0.717) is 6.42 Å². The van der Waals surface area contributed by atoms with Crippen molar-refractivity contribution in [3.8, 4) is 0 Å². The average molecular weight is 274 g/mol. The van der Waals surface area contributed by atoms with E-state index in [9.17, 15) is 4.79 Å². The molecule has 0 spiro atoms. The molecule has 104 valence electrons. The Morgan fingerprint density at radius 2 is 1.67 bits per heavy atom. The van der Waals surface area contributed by atoms with E-state index in [1.165, 1.54) is 11.1 Å². The van der Waals surface area contributed by atoms with E-state index in [4.69, 9.17) is 0 Å². The molecular formula is C20H18O. The van der Waals surface area contributed by atoms with Crippen LogP contribution >= 0.6 is 0 Å². The minimum atomic E-state index is 0.181. The van der Waals surface area contributed by atoms with Crippen LogP contribution in [0.1, 0.15) is 27.0 Å². The van der Waals surface area contributed by atoms with Crippen molar-refractivity contribution in [1.82, 2.24) is 0 Å². The summed E-state index contributed by atoms with van der Waals surface area (Å²) in [6, 6.07) is 20.3. The first-order valence-electron chi connectivity index (χ1n) is 7.22. The number of benzene rings is 3. The first-order chi connectivity index (χ1) is 10.1. The standard InChI is InChI=1S/C20H18O/c1-14-10-11-15(2)17(12-14)13-20(21)19-9-5-7-16-6-3-4-8-18(16)19/h3-12H,13H2,1-2H3. The predicted molar refractivity (Wildman–Crippen MR) is 87.9 cm³/mol. The topological polar surface area (TPSA) is 17.1 Å². The molecule has 0 aromatic heterocycles. The number of rotatable bonds is 3. The van der Waals surface area contributed by atoms with Crippen LogP contribution < -0.4 is 0 Å². The molecule has 0 amide bonds. The molecule has 1 heteroatoms. The number of carbonyl (C=O) groups excluding carboxylic acids is 1. The van der Waals surface area contributed by atoms with E-state index < -0.39 is 0 Å². The smallest absolute Gasteiger partial charge is 0.167 e. The average Bonchev–Trinajstić information content (AvgIpc) is 2.50. The summed E-state index contributed by atoms with van der Waals surface area (Å²) in [6.45, 7) is 4.12. The van der Waals surface area contributed by atoms with Crippen molar-refractivity contribution in [2.24, 2.45) is 0 Å². The molecule has 0 saturated carbocycles. The van der Waals surface area contributed by atoms with Gasteiger partial charge in [-0.3, -0.25) is 4.79 Å². The van der Waals surface area contributed by atoms with Crippen molar-refractivity contribution in [3.63, 3.8) is 0 Å². The van der Waals surface area contributed by atoms with Gasteiger partial charge in [0.1, 0.15) is 0 Å². The van der Waals surface area contributed by atoms with Crippen LogP contribution in [0.15, 0.2) is 60.7 Å². The van der Waals surface area contributed by atoms with Gasteiger partial charge in [-0.1, -0.05) is 66.2 Å². The van der Waals surface area contributed by atoms with E-state index in [-0.39, 0.29) is 5.78 Å². The summed E-state index contributed by atoms with van der Waals surface area (Å²) in [5.41, 5.74) is 4.30. The zero-order valence-electron chi connectivity index (χ0n) is 12.4. The molecule has 0 heterocycles. The molecule has 0 aliphatic rings. The second kappa shape index (κ2) is 5.53. The van der Waals surface area contributed by atoms with Gasteiger partial charge >= 0.3 is 0 Å². The largest absolute Gasteiger partial charge is 0.294 e. The molecule has 21 heavy (non-hydrogen) atoms. The maximum atomic E-state index is 12.7. The van der Waals surface area contributed by atoms with Crippen LogP contribution in [0.4, 0.5) is 0 Å². The van der Waals surface area contributed by atoms with Gasteiger partial charge in [0, 0.05) is 12.0 Å². The highest BCUT2D eigenvalue weighted by Gasteiger charge is 2.12. The Balaban J connectivity index is 1.99. The third-order valence-corrected chi connectivity index (χ3v) is 3.95. The van der Waals surface area contributed by atoms with Crippen LogP contribution in [0.25, 0.3) is 10.8 Å². The van der Waals surface area contributed by atoms with Crippen molar-refractivity contribution in [3.05, 3.63) is 82.9 Å². The first kappa shape index (κ1) is 13.6. The van der Waals surface area contributed by atoms with Gasteiger partial charge in [0.15, 0.2) is 5.78 Å². The molecular weight excluding hydrogens is 256 g/mol. The van der Waals surface area contributed by atoms with Crippen molar-refractivity contribution >= 4 is 16.6 Å². The SMILES string of the molecule is Cc1ccc(C)c(CC(=O)c2cccc3ccccc23)c1. The molecule has 0 aliphatic carbocycles. The summed E-state index contributed by atoms with van der Waals surface area (Å²) < 4.78 is 0. The van der Waals surface area contributed by atoms with Gasteiger partial charge < -0.3 is 0 Å². The maximum absolute atomic E-state index is 12.7. The Kier molecular flexibility index (Phi) is 3.57. The van der Waals surface area contributed by atoms with Crippen LogP contribution in [0.3, 0.4) is 0 Å². The number of aryl methyl sites for hydroxylation is 2. The van der Waals surface area contributed by atoms with Crippen molar-refractivity contribution in [1.29, 1.82) is 0 Å². The Bertz CT molecular complexity index is 810. The first-order valence-corrected chi connectivity index (χ1v) is 7.22. The third kappa shape index (κ3) is 2.73. The maximum Gasteiger partial charge on any atom is 0.167 e. The van der Waals surface area contributed by atoms with Crippen LogP contribution in [0.5, 0.6) is 0 Å². The molecule has 1 nitrogen and oxygen atoms in total. The summed E-state index contributed by atoms with van der Waals surface area (Å²) in [6.07, 6.45) is 0.460. The lowest BCUT2D eigenvalue weighted by Crippen LogP contribution is -2.06. The minimum Gasteiger partial charge on any atom is -0.294 e. The summed E-state index contributed by atoms with van der Waals surface area (Å²) in [5, 5.41) is 2.15. The number of hydrogen-bond donors (Lipinski definition) is 0. The molecule has 3 aromatic rings. The quantitative estimate of drug-likeness (QED) is 0.622. The number of ketones is 1. The zero-order chi connectivity index (χ0) is 14.8. The number of fused-ring (bicyclic) bond motifs is 1. The van der Waals surface area contributed by atoms with Crippen LogP contribution in [-0.4, -0.2) is 5.78 Å². The number of hydrogen-bond acceptors (Lipinski definition) is 1. The fourth-order valence-corrected chi connectivity index (χ4v) is 2.73. The van der Waals surface area contributed by atoms with Gasteiger partial charge in [-0.05, 0) is 35.7 Å². The van der Waals surface area contributed by atoms with Gasteiger partial charge in [-0.2, -0.15) is 0 Å². The van der Waals surface area contributed by atoms with E-state index in [1.54, 1.807) is 0 Å². The molecule has 3 aromatic carbocycles. The Morgan fingerprint density at radius 3 is 2.52 bits per heavy atom. The highest BCUT2D eigenvalue weighted by Crippen LogP contribution is 2.21. The lowest BCUT2D eigenvalue weighted by atomic mass is 9.95.